The van der Waals surface area contributed by atoms with Gasteiger partial charge in [-0.15, -0.1) is 0 Å². The average molecular weight is 327 g/mol. The maximum Gasteiger partial charge on any atom is 0.255 e. The number of hydrogen-bond donors (Lipinski definition) is 2. The predicted molar refractivity (Wildman–Crippen MR) is 74.0 cm³/mol. The second kappa shape index (κ2) is 6.06. The molecule has 0 spiro atoms. The number of carbonyl (C=O) groups is 2. The van der Waals surface area contributed by atoms with Crippen LogP contribution in [0.15, 0.2) is 22.7 Å². The van der Waals surface area contributed by atoms with Crippen LogP contribution in [0.1, 0.15) is 23.2 Å². The van der Waals surface area contributed by atoms with Gasteiger partial charge >= 0.3 is 0 Å². The molecule has 5 nitrogen and oxygen atoms in total. The summed E-state index contributed by atoms with van der Waals surface area (Å²) in [6.45, 7) is 1.49. The summed E-state index contributed by atoms with van der Waals surface area (Å²) in [6, 6.07) is 4.61. The van der Waals surface area contributed by atoms with Crippen molar-refractivity contribution in [2.24, 2.45) is 0 Å². The van der Waals surface area contributed by atoms with E-state index in [9.17, 15) is 14.7 Å². The van der Waals surface area contributed by atoms with Crippen molar-refractivity contribution in [1.29, 1.82) is 0 Å². The molecule has 1 saturated heterocycles. The van der Waals surface area contributed by atoms with Crippen LogP contribution >= 0.6 is 15.9 Å². The number of halogens is 1. The molecule has 1 heterocycles. The van der Waals surface area contributed by atoms with Gasteiger partial charge in [0, 0.05) is 17.6 Å². The van der Waals surface area contributed by atoms with Gasteiger partial charge in [0.25, 0.3) is 5.91 Å². The molecule has 2 rings (SSSR count). The zero-order valence-corrected chi connectivity index (χ0v) is 11.9. The summed E-state index contributed by atoms with van der Waals surface area (Å²) in [6.07, 6.45) is 2.04. The Kier molecular flexibility index (Phi) is 4.42. The lowest BCUT2D eigenvalue weighted by atomic mass is 10.2. The first kappa shape index (κ1) is 13.9. The fraction of sp³-hybridized carbons (Fsp3) is 0.385. The maximum atomic E-state index is 11.8. The molecule has 1 aliphatic heterocycles. The number of benzene rings is 1. The van der Waals surface area contributed by atoms with Gasteiger partial charge in [-0.3, -0.25) is 9.59 Å². The second-order valence-electron chi connectivity index (χ2n) is 4.43. The summed E-state index contributed by atoms with van der Waals surface area (Å²) in [5.74, 6) is -0.638. The summed E-state index contributed by atoms with van der Waals surface area (Å²) in [7, 11) is 0. The molecule has 1 aromatic rings. The number of nitrogens with zero attached hydrogens (tertiary/aromatic N) is 1. The molecule has 0 aliphatic carbocycles. The summed E-state index contributed by atoms with van der Waals surface area (Å²) in [5, 5.41) is 12.2. The average Bonchev–Trinajstić information content (AvgIpc) is 2.89. The van der Waals surface area contributed by atoms with Crippen molar-refractivity contribution in [2.45, 2.75) is 12.8 Å². The Hall–Kier alpha value is -1.56. The topological polar surface area (TPSA) is 69.6 Å². The number of carbonyl (C=O) groups excluding carboxylic acids is 2. The number of amides is 2. The number of hydrogen-bond acceptors (Lipinski definition) is 3. The van der Waals surface area contributed by atoms with Crippen molar-refractivity contribution in [2.75, 3.05) is 19.6 Å². The van der Waals surface area contributed by atoms with E-state index < -0.39 is 5.91 Å². The van der Waals surface area contributed by atoms with Crippen molar-refractivity contribution in [1.82, 2.24) is 10.2 Å². The minimum absolute atomic E-state index is 0.0334. The van der Waals surface area contributed by atoms with E-state index in [0.29, 0.717) is 4.47 Å². The molecule has 19 heavy (non-hydrogen) atoms. The molecule has 102 valence electrons. The van der Waals surface area contributed by atoms with E-state index in [0.717, 1.165) is 25.9 Å². The highest BCUT2D eigenvalue weighted by Gasteiger charge is 2.19. The zero-order chi connectivity index (χ0) is 13.8. The minimum atomic E-state index is -0.447. The van der Waals surface area contributed by atoms with E-state index >= 15 is 0 Å². The normalized spacial score (nSPS) is 14.5. The number of phenols is 1. The first-order valence-electron chi connectivity index (χ1n) is 6.12. The highest BCUT2D eigenvalue weighted by molar-refractivity contribution is 9.10. The van der Waals surface area contributed by atoms with Crippen LogP contribution in [-0.2, 0) is 4.79 Å². The van der Waals surface area contributed by atoms with Gasteiger partial charge in [0.05, 0.1) is 12.1 Å². The lowest BCUT2D eigenvalue weighted by molar-refractivity contribution is -0.129. The standard InChI is InChI=1S/C13H15BrN2O3/c14-9-3-4-10(11(17)7-9)13(19)15-8-12(18)16-5-1-2-6-16/h3-4,7,17H,1-2,5-6,8H2,(H,15,19). The van der Waals surface area contributed by atoms with Crippen molar-refractivity contribution < 1.29 is 14.7 Å². The number of aromatic hydroxyl groups is 1. The zero-order valence-electron chi connectivity index (χ0n) is 10.4. The largest absolute Gasteiger partial charge is 0.507 e. The first-order valence-corrected chi connectivity index (χ1v) is 6.92. The van der Waals surface area contributed by atoms with Crippen LogP contribution in [0.5, 0.6) is 5.75 Å². The Balaban J connectivity index is 1.92. The van der Waals surface area contributed by atoms with Crippen LogP contribution in [0, 0.1) is 0 Å². The van der Waals surface area contributed by atoms with E-state index in [1.807, 2.05) is 0 Å². The monoisotopic (exact) mass is 326 g/mol. The lowest BCUT2D eigenvalue weighted by Gasteiger charge is -2.15. The molecule has 1 aliphatic rings. The highest BCUT2D eigenvalue weighted by Crippen LogP contribution is 2.22. The Morgan fingerprint density at radius 3 is 2.63 bits per heavy atom. The van der Waals surface area contributed by atoms with E-state index in [1.165, 1.54) is 12.1 Å². The van der Waals surface area contributed by atoms with Crippen molar-refractivity contribution in [3.63, 3.8) is 0 Å². The van der Waals surface area contributed by atoms with Crippen molar-refractivity contribution in [3.05, 3.63) is 28.2 Å². The predicted octanol–water partition coefficient (Wildman–Crippen LogP) is 1.51. The molecular weight excluding hydrogens is 312 g/mol. The maximum absolute atomic E-state index is 11.8. The van der Waals surface area contributed by atoms with Gasteiger partial charge < -0.3 is 15.3 Å². The van der Waals surface area contributed by atoms with Gasteiger partial charge in [0.2, 0.25) is 5.91 Å². The molecule has 2 amide bonds. The molecule has 0 aromatic heterocycles. The van der Waals surface area contributed by atoms with Crippen LogP contribution in [0.25, 0.3) is 0 Å². The Labute approximate surface area is 119 Å². The molecule has 0 bridgehead atoms. The number of phenolic OH excluding ortho intramolecular Hbond substituents is 1. The van der Waals surface area contributed by atoms with Crippen LogP contribution in [0.4, 0.5) is 0 Å². The highest BCUT2D eigenvalue weighted by atomic mass is 79.9. The fourth-order valence-corrected chi connectivity index (χ4v) is 2.38. The molecule has 1 aromatic carbocycles. The molecular formula is C13H15BrN2O3. The fourth-order valence-electron chi connectivity index (χ4n) is 2.03. The van der Waals surface area contributed by atoms with Crippen molar-refractivity contribution in [3.8, 4) is 5.75 Å². The lowest BCUT2D eigenvalue weighted by Crippen LogP contribution is -2.38. The first-order chi connectivity index (χ1) is 9.08. The van der Waals surface area contributed by atoms with Gasteiger partial charge in [-0.25, -0.2) is 0 Å². The quantitative estimate of drug-likeness (QED) is 0.884. The van der Waals surface area contributed by atoms with Crippen LogP contribution in [0.2, 0.25) is 0 Å². The Morgan fingerprint density at radius 1 is 1.32 bits per heavy atom. The summed E-state index contributed by atoms with van der Waals surface area (Å²) in [4.78, 5) is 25.3. The van der Waals surface area contributed by atoms with Crippen LogP contribution in [0.3, 0.4) is 0 Å². The smallest absolute Gasteiger partial charge is 0.255 e. The Morgan fingerprint density at radius 2 is 2.00 bits per heavy atom. The van der Waals surface area contributed by atoms with Gasteiger partial charge in [-0.1, -0.05) is 15.9 Å². The molecule has 0 saturated carbocycles. The SMILES string of the molecule is O=C(NCC(=O)N1CCCC1)c1ccc(Br)cc1O. The van der Waals surface area contributed by atoms with Gasteiger partial charge in [-0.05, 0) is 31.0 Å². The molecule has 6 heteroatoms. The summed E-state index contributed by atoms with van der Waals surface area (Å²) >= 11 is 3.20. The Bertz CT molecular complexity index is 499. The van der Waals surface area contributed by atoms with E-state index in [4.69, 9.17) is 0 Å². The molecule has 0 atom stereocenters. The minimum Gasteiger partial charge on any atom is -0.507 e. The summed E-state index contributed by atoms with van der Waals surface area (Å²) < 4.78 is 0.690. The van der Waals surface area contributed by atoms with Crippen LogP contribution < -0.4 is 5.32 Å². The number of rotatable bonds is 3. The number of nitrogens with one attached hydrogen (secondary N) is 1. The third-order valence-electron chi connectivity index (χ3n) is 3.06. The van der Waals surface area contributed by atoms with Crippen LogP contribution in [-0.4, -0.2) is 41.5 Å². The number of likely N-dealkylation sites (tertiary alicyclic amines) is 1. The van der Waals surface area contributed by atoms with Gasteiger partial charge in [0.15, 0.2) is 0 Å². The molecule has 2 N–H and O–H groups in total. The van der Waals surface area contributed by atoms with E-state index in [2.05, 4.69) is 21.2 Å². The third-order valence-corrected chi connectivity index (χ3v) is 3.56. The second-order valence-corrected chi connectivity index (χ2v) is 5.35. The van der Waals surface area contributed by atoms with E-state index in [1.54, 1.807) is 11.0 Å². The summed E-state index contributed by atoms with van der Waals surface area (Å²) in [5.41, 5.74) is 0.164. The molecule has 1 fully saturated rings. The van der Waals surface area contributed by atoms with E-state index in [-0.39, 0.29) is 23.8 Å². The van der Waals surface area contributed by atoms with Gasteiger partial charge in [-0.2, -0.15) is 0 Å². The van der Waals surface area contributed by atoms with Crippen molar-refractivity contribution >= 4 is 27.7 Å². The third kappa shape index (κ3) is 3.47. The molecule has 0 radical (unpaired) electrons. The molecule has 0 unspecified atom stereocenters. The van der Waals surface area contributed by atoms with Gasteiger partial charge in [0.1, 0.15) is 5.75 Å².